The summed E-state index contributed by atoms with van der Waals surface area (Å²) < 4.78 is 69.2. The third kappa shape index (κ3) is 84.9. The number of hydrogen-bond donors (Lipinski definition) is 3. The molecule has 0 saturated carbocycles. The number of carbonyl (C=O) groups is 4. The van der Waals surface area contributed by atoms with Gasteiger partial charge in [0.15, 0.2) is 12.2 Å². The van der Waals surface area contributed by atoms with Gasteiger partial charge in [-0.15, -0.1) is 0 Å². The number of aliphatic hydroxyl groups is 1. The highest BCUT2D eigenvalue weighted by Crippen LogP contribution is 2.45. The lowest BCUT2D eigenvalue weighted by Gasteiger charge is -2.21. The summed E-state index contributed by atoms with van der Waals surface area (Å²) >= 11 is 0. The lowest BCUT2D eigenvalue weighted by atomic mass is 9.99. The van der Waals surface area contributed by atoms with Gasteiger partial charge >= 0.3 is 39.5 Å². The fourth-order valence-corrected chi connectivity index (χ4v) is 16.3. The standard InChI is InChI=1S/C94H184O17P2/c1-8-11-12-13-14-15-16-17-18-19-20-21-22-23-27-30-36-41-46-54-61-68-75-91(96)104-81-89(110-93(98)77-70-63-56-47-42-37-31-28-25-24-26-29-35-40-45-52-59-66-73-86(6)9-2)83-108-112(100,101)106-79-88(95)80-107-113(102,103)109-84-90(82-105-92(97)76-69-62-55-50-49-53-60-67-74-87(7)10-3)111-94(99)78-71-64-57-48-43-38-33-32-34-39-44-51-58-65-72-85(4)5/h85-90,95H,8-84H2,1-7H3,(H,100,101)(H,102,103)/t86?,87?,88-,89-,90-/m1/s1. The number of aliphatic hydroxyl groups excluding tert-OH is 1. The molecule has 0 amide bonds. The van der Waals surface area contributed by atoms with Crippen molar-refractivity contribution in [2.24, 2.45) is 17.8 Å². The van der Waals surface area contributed by atoms with Gasteiger partial charge in [-0.2, -0.15) is 0 Å². The van der Waals surface area contributed by atoms with Crippen molar-refractivity contribution in [2.45, 2.75) is 523 Å². The van der Waals surface area contributed by atoms with Gasteiger partial charge in [0, 0.05) is 25.7 Å². The maximum Gasteiger partial charge on any atom is 0.472 e. The summed E-state index contributed by atoms with van der Waals surface area (Å²) in [4.78, 5) is 73.5. The predicted molar refractivity (Wildman–Crippen MR) is 469 cm³/mol. The summed E-state index contributed by atoms with van der Waals surface area (Å²) in [5, 5.41) is 10.7. The molecule has 0 radical (unpaired) electrons. The van der Waals surface area contributed by atoms with E-state index in [-0.39, 0.29) is 25.7 Å². The zero-order chi connectivity index (χ0) is 82.9. The van der Waals surface area contributed by atoms with E-state index < -0.39 is 97.5 Å². The summed E-state index contributed by atoms with van der Waals surface area (Å²) in [6.07, 6.45) is 77.9. The first kappa shape index (κ1) is 111. The number of unbranched alkanes of at least 4 members (excludes halogenated alkanes) is 58. The Hall–Kier alpha value is -1.94. The zero-order valence-electron chi connectivity index (χ0n) is 74.9. The molecule has 113 heavy (non-hydrogen) atoms. The first-order valence-corrected chi connectivity index (χ1v) is 51.4. The maximum absolute atomic E-state index is 13.2. The quantitative estimate of drug-likeness (QED) is 0.0222. The average molecular weight is 1650 g/mol. The summed E-state index contributed by atoms with van der Waals surface area (Å²) in [6.45, 7) is 12.1. The van der Waals surface area contributed by atoms with Crippen LogP contribution in [0.25, 0.3) is 0 Å². The SMILES string of the molecule is CCCCCCCCCCCCCCCCCCCCCCCCC(=O)OC[C@H](COP(=O)(O)OC[C@@H](O)COP(=O)(O)OC[C@@H](COC(=O)CCCCCCCCCCC(C)CC)OC(=O)CCCCCCCCCCCCCCCCC(C)C)OC(=O)CCCCCCCCCCCCCCCCCCCCC(C)CC. The molecule has 0 rings (SSSR count). The van der Waals surface area contributed by atoms with Gasteiger partial charge in [0.1, 0.15) is 19.3 Å². The van der Waals surface area contributed by atoms with Gasteiger partial charge in [-0.05, 0) is 43.4 Å². The monoisotopic (exact) mass is 1650 g/mol. The van der Waals surface area contributed by atoms with Gasteiger partial charge in [0.25, 0.3) is 0 Å². The van der Waals surface area contributed by atoms with Crippen LogP contribution in [0.4, 0.5) is 0 Å². The molecule has 0 fully saturated rings. The van der Waals surface area contributed by atoms with E-state index in [9.17, 15) is 43.2 Å². The summed E-state index contributed by atoms with van der Waals surface area (Å²) in [5.74, 6) is 0.347. The van der Waals surface area contributed by atoms with E-state index in [0.29, 0.717) is 25.7 Å². The summed E-state index contributed by atoms with van der Waals surface area (Å²) in [6, 6.07) is 0. The highest BCUT2D eigenvalue weighted by Gasteiger charge is 2.31. The van der Waals surface area contributed by atoms with Crippen LogP contribution in [-0.4, -0.2) is 96.7 Å². The van der Waals surface area contributed by atoms with Gasteiger partial charge < -0.3 is 33.8 Å². The Balaban J connectivity index is 5.24. The number of rotatable bonds is 92. The van der Waals surface area contributed by atoms with Crippen molar-refractivity contribution < 1.29 is 80.2 Å². The number of esters is 4. The fourth-order valence-electron chi connectivity index (χ4n) is 14.7. The minimum Gasteiger partial charge on any atom is -0.462 e. The second-order valence-corrected chi connectivity index (χ2v) is 37.6. The molecular weight excluding hydrogens is 1460 g/mol. The van der Waals surface area contributed by atoms with Crippen LogP contribution in [0.2, 0.25) is 0 Å². The molecule has 0 aromatic heterocycles. The summed E-state index contributed by atoms with van der Waals surface area (Å²) in [5.41, 5.74) is 0. The maximum atomic E-state index is 13.2. The van der Waals surface area contributed by atoms with Crippen molar-refractivity contribution in [3.05, 3.63) is 0 Å². The molecule has 19 heteroatoms. The topological polar surface area (TPSA) is 237 Å². The molecule has 0 heterocycles. The molecule has 0 aliphatic rings. The lowest BCUT2D eigenvalue weighted by Crippen LogP contribution is -2.30. The molecule has 0 bridgehead atoms. The number of phosphoric ester groups is 2. The van der Waals surface area contributed by atoms with Crippen molar-refractivity contribution in [2.75, 3.05) is 39.6 Å². The lowest BCUT2D eigenvalue weighted by molar-refractivity contribution is -0.161. The Morgan fingerprint density at radius 3 is 0.673 bits per heavy atom. The van der Waals surface area contributed by atoms with Crippen LogP contribution in [0.3, 0.4) is 0 Å². The predicted octanol–water partition coefficient (Wildman–Crippen LogP) is 29.2. The molecule has 0 aromatic carbocycles. The Labute approximate surface area is 696 Å². The van der Waals surface area contributed by atoms with Crippen molar-refractivity contribution in [3.63, 3.8) is 0 Å². The largest absolute Gasteiger partial charge is 0.472 e. The van der Waals surface area contributed by atoms with E-state index in [1.165, 1.54) is 315 Å². The molecule has 7 atom stereocenters. The molecule has 17 nitrogen and oxygen atoms in total. The third-order valence-corrected chi connectivity index (χ3v) is 24.8. The Morgan fingerprint density at radius 2 is 0.451 bits per heavy atom. The van der Waals surface area contributed by atoms with Gasteiger partial charge in [0.2, 0.25) is 0 Å². The van der Waals surface area contributed by atoms with Crippen molar-refractivity contribution in [1.29, 1.82) is 0 Å². The first-order valence-electron chi connectivity index (χ1n) is 48.4. The molecule has 0 saturated heterocycles. The average Bonchev–Trinajstić information content (AvgIpc) is 0.901. The highest BCUT2D eigenvalue weighted by atomic mass is 31.2. The number of carbonyl (C=O) groups excluding carboxylic acids is 4. The zero-order valence-corrected chi connectivity index (χ0v) is 76.7. The highest BCUT2D eigenvalue weighted by molar-refractivity contribution is 7.47. The number of phosphoric acid groups is 2. The first-order chi connectivity index (χ1) is 54.8. The molecule has 0 aliphatic carbocycles. The Kier molecular flexibility index (Phi) is 82.3. The van der Waals surface area contributed by atoms with E-state index >= 15 is 0 Å². The van der Waals surface area contributed by atoms with Crippen molar-refractivity contribution in [3.8, 4) is 0 Å². The fraction of sp³-hybridized carbons (Fsp3) is 0.957. The van der Waals surface area contributed by atoms with Crippen molar-refractivity contribution in [1.82, 2.24) is 0 Å². The van der Waals surface area contributed by atoms with E-state index in [2.05, 4.69) is 48.5 Å². The molecule has 4 unspecified atom stereocenters. The van der Waals surface area contributed by atoms with E-state index in [1.54, 1.807) is 0 Å². The Morgan fingerprint density at radius 1 is 0.257 bits per heavy atom. The second kappa shape index (κ2) is 83.7. The number of hydrogen-bond acceptors (Lipinski definition) is 15. The second-order valence-electron chi connectivity index (χ2n) is 34.7. The third-order valence-electron chi connectivity index (χ3n) is 22.9. The van der Waals surface area contributed by atoms with E-state index in [4.69, 9.17) is 37.0 Å². The van der Waals surface area contributed by atoms with Crippen LogP contribution < -0.4 is 0 Å². The van der Waals surface area contributed by atoms with Crippen LogP contribution in [0, 0.1) is 17.8 Å². The van der Waals surface area contributed by atoms with E-state index in [1.807, 2.05) is 0 Å². The molecule has 3 N–H and O–H groups in total. The van der Waals surface area contributed by atoms with Gasteiger partial charge in [-0.3, -0.25) is 37.3 Å². The normalized spacial score (nSPS) is 14.2. The minimum atomic E-state index is -4.97. The molecule has 0 aliphatic heterocycles. The van der Waals surface area contributed by atoms with Crippen LogP contribution in [0.15, 0.2) is 0 Å². The molecular formula is C94H184O17P2. The minimum absolute atomic E-state index is 0.107. The van der Waals surface area contributed by atoms with Crippen LogP contribution in [0.1, 0.15) is 504 Å². The molecule has 672 valence electrons. The van der Waals surface area contributed by atoms with E-state index in [0.717, 1.165) is 108 Å². The van der Waals surface area contributed by atoms with Crippen molar-refractivity contribution >= 4 is 39.5 Å². The van der Waals surface area contributed by atoms with Crippen LogP contribution in [-0.2, 0) is 65.4 Å². The summed E-state index contributed by atoms with van der Waals surface area (Å²) in [7, 11) is -9.94. The van der Waals surface area contributed by atoms with Crippen LogP contribution in [0.5, 0.6) is 0 Å². The van der Waals surface area contributed by atoms with Gasteiger partial charge in [0.05, 0.1) is 26.4 Å². The smallest absolute Gasteiger partial charge is 0.462 e. The number of ether oxygens (including phenoxy) is 4. The molecule has 0 aromatic rings. The molecule has 0 spiro atoms. The van der Waals surface area contributed by atoms with Gasteiger partial charge in [-0.1, -0.05) is 453 Å². The van der Waals surface area contributed by atoms with Gasteiger partial charge in [-0.25, -0.2) is 9.13 Å². The van der Waals surface area contributed by atoms with Crippen LogP contribution >= 0.6 is 15.6 Å². The Bertz CT molecular complexity index is 2170.